The van der Waals surface area contributed by atoms with Crippen molar-refractivity contribution in [3.05, 3.63) is 33.8 Å². The maximum Gasteiger partial charge on any atom is 0.252 e. The van der Waals surface area contributed by atoms with Gasteiger partial charge < -0.3 is 5.32 Å². The molecule has 0 spiro atoms. The summed E-state index contributed by atoms with van der Waals surface area (Å²) >= 11 is 15.2. The van der Waals surface area contributed by atoms with Crippen molar-refractivity contribution in [2.45, 2.75) is 24.6 Å². The lowest BCUT2D eigenvalue weighted by atomic mass is 10.2. The first-order valence-corrected chi connectivity index (χ1v) is 7.09. The SMILES string of the molecule is CCCC(Br)CNC(=O)c1ccc(Cl)cc1Cl. The van der Waals surface area contributed by atoms with Crippen LogP contribution in [0.15, 0.2) is 18.2 Å². The molecule has 2 nitrogen and oxygen atoms in total. The van der Waals surface area contributed by atoms with E-state index in [4.69, 9.17) is 23.2 Å². The summed E-state index contributed by atoms with van der Waals surface area (Å²) in [6.07, 6.45) is 2.10. The number of carbonyl (C=O) groups excluding carboxylic acids is 1. The highest BCUT2D eigenvalue weighted by Crippen LogP contribution is 2.20. The van der Waals surface area contributed by atoms with Gasteiger partial charge in [-0.05, 0) is 24.6 Å². The molecule has 1 aromatic rings. The molecule has 1 amide bonds. The molecule has 0 fully saturated rings. The zero-order valence-corrected chi connectivity index (χ0v) is 12.6. The van der Waals surface area contributed by atoms with E-state index in [0.29, 0.717) is 27.0 Å². The first kappa shape index (κ1) is 14.8. The lowest BCUT2D eigenvalue weighted by Gasteiger charge is -2.10. The Morgan fingerprint density at radius 3 is 2.76 bits per heavy atom. The molecule has 0 radical (unpaired) electrons. The zero-order valence-electron chi connectivity index (χ0n) is 9.47. The quantitative estimate of drug-likeness (QED) is 0.797. The molecule has 0 aliphatic heterocycles. The molecule has 0 bridgehead atoms. The molecule has 0 saturated carbocycles. The number of carbonyl (C=O) groups is 1. The molecule has 94 valence electrons. The second-order valence-corrected chi connectivity index (χ2v) is 5.86. The molecule has 1 aromatic carbocycles. The highest BCUT2D eigenvalue weighted by molar-refractivity contribution is 9.09. The standard InChI is InChI=1S/C12H14BrCl2NO/c1-2-3-8(13)7-16-12(17)10-5-4-9(14)6-11(10)15/h4-6,8H,2-3,7H2,1H3,(H,16,17). The minimum absolute atomic E-state index is 0.174. The second-order valence-electron chi connectivity index (χ2n) is 3.72. The molecule has 1 N–H and O–H groups in total. The Hall–Kier alpha value is -0.250. The van der Waals surface area contributed by atoms with Gasteiger partial charge in [0.1, 0.15) is 0 Å². The van der Waals surface area contributed by atoms with E-state index >= 15 is 0 Å². The number of hydrogen-bond acceptors (Lipinski definition) is 1. The van der Waals surface area contributed by atoms with Gasteiger partial charge >= 0.3 is 0 Å². The molecule has 0 heterocycles. The maximum absolute atomic E-state index is 11.8. The van der Waals surface area contributed by atoms with Crippen molar-refractivity contribution in [2.24, 2.45) is 0 Å². The fourth-order valence-corrected chi connectivity index (χ4v) is 2.50. The van der Waals surface area contributed by atoms with Crippen molar-refractivity contribution < 1.29 is 4.79 Å². The monoisotopic (exact) mass is 337 g/mol. The minimum Gasteiger partial charge on any atom is -0.351 e. The Labute approximate surface area is 120 Å². The molecule has 0 aliphatic carbocycles. The van der Waals surface area contributed by atoms with E-state index in [1.165, 1.54) is 0 Å². The fraction of sp³-hybridized carbons (Fsp3) is 0.417. The van der Waals surface area contributed by atoms with Gasteiger partial charge in [-0.15, -0.1) is 0 Å². The first-order chi connectivity index (χ1) is 8.04. The average Bonchev–Trinajstić information content (AvgIpc) is 2.26. The number of nitrogens with one attached hydrogen (secondary N) is 1. The molecule has 0 saturated heterocycles. The third-order valence-corrected chi connectivity index (χ3v) is 3.59. The summed E-state index contributed by atoms with van der Waals surface area (Å²) < 4.78 is 0. The summed E-state index contributed by atoms with van der Waals surface area (Å²) in [5.41, 5.74) is 0.451. The van der Waals surface area contributed by atoms with Crippen LogP contribution in [0.4, 0.5) is 0 Å². The second kappa shape index (κ2) is 7.24. The summed E-state index contributed by atoms with van der Waals surface area (Å²) in [5, 5.41) is 3.73. The first-order valence-electron chi connectivity index (χ1n) is 5.42. The Morgan fingerprint density at radius 1 is 1.47 bits per heavy atom. The molecule has 0 aromatic heterocycles. The van der Waals surface area contributed by atoms with E-state index in [-0.39, 0.29) is 5.91 Å². The van der Waals surface area contributed by atoms with Crippen LogP contribution in [0.2, 0.25) is 10.0 Å². The van der Waals surface area contributed by atoms with E-state index in [1.54, 1.807) is 18.2 Å². The van der Waals surface area contributed by atoms with Crippen LogP contribution in [0.5, 0.6) is 0 Å². The van der Waals surface area contributed by atoms with E-state index in [1.807, 2.05) is 0 Å². The number of amides is 1. The number of benzene rings is 1. The van der Waals surface area contributed by atoms with Gasteiger partial charge in [0.2, 0.25) is 0 Å². The molecular weight excluding hydrogens is 325 g/mol. The Bertz CT molecular complexity index is 398. The van der Waals surface area contributed by atoms with E-state index in [2.05, 4.69) is 28.2 Å². The number of hydrogen-bond donors (Lipinski definition) is 1. The van der Waals surface area contributed by atoms with Crippen LogP contribution in [0.3, 0.4) is 0 Å². The van der Waals surface area contributed by atoms with Crippen LogP contribution >= 0.6 is 39.1 Å². The lowest BCUT2D eigenvalue weighted by molar-refractivity contribution is 0.0954. The van der Waals surface area contributed by atoms with Crippen LogP contribution in [0.1, 0.15) is 30.1 Å². The van der Waals surface area contributed by atoms with E-state index < -0.39 is 0 Å². The van der Waals surface area contributed by atoms with Crippen molar-refractivity contribution in [3.8, 4) is 0 Å². The van der Waals surface area contributed by atoms with Gasteiger partial charge in [0.05, 0.1) is 10.6 Å². The Morgan fingerprint density at radius 2 is 2.18 bits per heavy atom. The van der Waals surface area contributed by atoms with Crippen LogP contribution in [0, 0.1) is 0 Å². The van der Waals surface area contributed by atoms with Crippen LogP contribution in [-0.2, 0) is 0 Å². The lowest BCUT2D eigenvalue weighted by Crippen LogP contribution is -2.29. The van der Waals surface area contributed by atoms with Crippen LogP contribution in [0.25, 0.3) is 0 Å². The number of halogens is 3. The van der Waals surface area contributed by atoms with Gasteiger partial charge in [0, 0.05) is 16.4 Å². The van der Waals surface area contributed by atoms with E-state index in [0.717, 1.165) is 12.8 Å². The Kier molecular flexibility index (Phi) is 6.31. The van der Waals surface area contributed by atoms with Crippen molar-refractivity contribution in [1.29, 1.82) is 0 Å². The van der Waals surface area contributed by atoms with Crippen molar-refractivity contribution in [3.63, 3.8) is 0 Å². The van der Waals surface area contributed by atoms with Crippen molar-refractivity contribution >= 4 is 45.0 Å². The molecule has 1 atom stereocenters. The van der Waals surface area contributed by atoms with Crippen LogP contribution < -0.4 is 5.32 Å². The average molecular weight is 339 g/mol. The van der Waals surface area contributed by atoms with Gasteiger partial charge in [-0.3, -0.25) is 4.79 Å². The highest BCUT2D eigenvalue weighted by atomic mass is 79.9. The predicted molar refractivity (Wildman–Crippen MR) is 76.4 cm³/mol. The van der Waals surface area contributed by atoms with Crippen molar-refractivity contribution in [2.75, 3.05) is 6.54 Å². The molecular formula is C12H14BrCl2NO. The predicted octanol–water partition coefficient (Wildman–Crippen LogP) is 4.29. The van der Waals surface area contributed by atoms with Crippen molar-refractivity contribution in [1.82, 2.24) is 5.32 Å². The molecule has 17 heavy (non-hydrogen) atoms. The molecule has 0 aliphatic rings. The minimum atomic E-state index is -0.174. The van der Waals surface area contributed by atoms with Gasteiger partial charge in [0.25, 0.3) is 5.91 Å². The topological polar surface area (TPSA) is 29.1 Å². The van der Waals surface area contributed by atoms with Gasteiger partial charge in [-0.2, -0.15) is 0 Å². The van der Waals surface area contributed by atoms with Crippen LogP contribution in [-0.4, -0.2) is 17.3 Å². The highest BCUT2D eigenvalue weighted by Gasteiger charge is 2.11. The third-order valence-electron chi connectivity index (χ3n) is 2.26. The molecule has 5 heteroatoms. The summed E-state index contributed by atoms with van der Waals surface area (Å²) in [7, 11) is 0. The summed E-state index contributed by atoms with van der Waals surface area (Å²) in [5.74, 6) is -0.174. The van der Waals surface area contributed by atoms with E-state index in [9.17, 15) is 4.79 Å². The fourth-order valence-electron chi connectivity index (χ4n) is 1.39. The Balaban J connectivity index is 2.58. The number of alkyl halides is 1. The van der Waals surface area contributed by atoms with Gasteiger partial charge in [-0.25, -0.2) is 0 Å². The smallest absolute Gasteiger partial charge is 0.252 e. The molecule has 1 rings (SSSR count). The summed E-state index contributed by atoms with van der Waals surface area (Å²) in [6.45, 7) is 2.69. The zero-order chi connectivity index (χ0) is 12.8. The maximum atomic E-state index is 11.8. The third kappa shape index (κ3) is 4.86. The largest absolute Gasteiger partial charge is 0.351 e. The normalized spacial score (nSPS) is 12.2. The summed E-state index contributed by atoms with van der Waals surface area (Å²) in [6, 6.07) is 4.85. The van der Waals surface area contributed by atoms with Gasteiger partial charge in [-0.1, -0.05) is 52.5 Å². The van der Waals surface area contributed by atoms with Gasteiger partial charge in [0.15, 0.2) is 0 Å². The summed E-state index contributed by atoms with van der Waals surface area (Å²) in [4.78, 5) is 12.1. The molecule has 1 unspecified atom stereocenters. The number of rotatable bonds is 5.